The zero-order valence-corrected chi connectivity index (χ0v) is 10.8. The first-order valence-corrected chi connectivity index (χ1v) is 6.10. The van der Waals surface area contributed by atoms with Gasteiger partial charge >= 0.3 is 0 Å². The Kier molecular flexibility index (Phi) is 2.44. The van der Waals surface area contributed by atoms with Crippen molar-refractivity contribution in [1.82, 2.24) is 15.0 Å². The van der Waals surface area contributed by atoms with Crippen molar-refractivity contribution < 1.29 is 0 Å². The number of fused-ring (bicyclic) bond motifs is 1. The molecule has 0 spiro atoms. The lowest BCUT2D eigenvalue weighted by Crippen LogP contribution is -1.81. The first-order valence-electron chi connectivity index (χ1n) is 5.31. The number of pyridine rings is 1. The van der Waals surface area contributed by atoms with Gasteiger partial charge in [0.1, 0.15) is 5.82 Å². The third kappa shape index (κ3) is 1.85. The summed E-state index contributed by atoms with van der Waals surface area (Å²) >= 11 is 3.52. The predicted octanol–water partition coefficient (Wildman–Crippen LogP) is 3.70. The quantitative estimate of drug-likeness (QED) is 0.742. The van der Waals surface area contributed by atoms with Gasteiger partial charge in [0.2, 0.25) is 0 Å². The summed E-state index contributed by atoms with van der Waals surface area (Å²) in [4.78, 5) is 12.1. The number of hydrogen-bond donors (Lipinski definition) is 1. The SMILES string of the molecule is Cc1cnc2nc(-c3ccccc3Br)[nH]c2c1. The minimum absolute atomic E-state index is 0.751. The molecule has 17 heavy (non-hydrogen) atoms. The largest absolute Gasteiger partial charge is 0.337 e. The summed E-state index contributed by atoms with van der Waals surface area (Å²) < 4.78 is 1.02. The highest BCUT2D eigenvalue weighted by molar-refractivity contribution is 9.10. The molecule has 0 fully saturated rings. The number of halogens is 1. The lowest BCUT2D eigenvalue weighted by molar-refractivity contribution is 1.28. The van der Waals surface area contributed by atoms with Crippen LogP contribution in [-0.2, 0) is 0 Å². The zero-order chi connectivity index (χ0) is 11.8. The van der Waals surface area contributed by atoms with Crippen molar-refractivity contribution in [3.8, 4) is 11.4 Å². The Morgan fingerprint density at radius 1 is 1.24 bits per heavy atom. The lowest BCUT2D eigenvalue weighted by Gasteiger charge is -1.98. The summed E-state index contributed by atoms with van der Waals surface area (Å²) in [6.45, 7) is 2.02. The van der Waals surface area contributed by atoms with Crippen molar-refractivity contribution in [1.29, 1.82) is 0 Å². The average molecular weight is 288 g/mol. The summed E-state index contributed by atoms with van der Waals surface area (Å²) in [5, 5.41) is 0. The van der Waals surface area contributed by atoms with E-state index in [1.807, 2.05) is 37.4 Å². The third-order valence-corrected chi connectivity index (χ3v) is 3.29. The topological polar surface area (TPSA) is 41.6 Å². The third-order valence-electron chi connectivity index (χ3n) is 2.60. The van der Waals surface area contributed by atoms with Gasteiger partial charge < -0.3 is 4.98 Å². The Balaban J connectivity index is 2.22. The average Bonchev–Trinajstić information content (AvgIpc) is 2.72. The van der Waals surface area contributed by atoms with Crippen molar-refractivity contribution in [3.63, 3.8) is 0 Å². The molecule has 2 aromatic heterocycles. The highest BCUT2D eigenvalue weighted by atomic mass is 79.9. The van der Waals surface area contributed by atoms with Gasteiger partial charge in [0.15, 0.2) is 5.65 Å². The number of nitrogens with zero attached hydrogens (tertiary/aromatic N) is 2. The molecule has 3 rings (SSSR count). The van der Waals surface area contributed by atoms with Crippen LogP contribution in [0.4, 0.5) is 0 Å². The number of aromatic nitrogens is 3. The molecule has 0 aliphatic heterocycles. The molecule has 0 aliphatic carbocycles. The minimum Gasteiger partial charge on any atom is -0.337 e. The van der Waals surface area contributed by atoms with E-state index in [9.17, 15) is 0 Å². The van der Waals surface area contributed by atoms with E-state index in [1.165, 1.54) is 0 Å². The van der Waals surface area contributed by atoms with E-state index in [4.69, 9.17) is 0 Å². The molecule has 0 amide bonds. The Morgan fingerprint density at radius 3 is 2.88 bits per heavy atom. The van der Waals surface area contributed by atoms with Crippen LogP contribution in [0.15, 0.2) is 41.0 Å². The van der Waals surface area contributed by atoms with Crippen molar-refractivity contribution in [2.45, 2.75) is 6.92 Å². The molecule has 0 saturated heterocycles. The van der Waals surface area contributed by atoms with Crippen molar-refractivity contribution in [3.05, 3.63) is 46.6 Å². The number of H-pyrrole nitrogens is 1. The van der Waals surface area contributed by atoms with Gasteiger partial charge in [0.05, 0.1) is 5.52 Å². The summed E-state index contributed by atoms with van der Waals surface area (Å²) in [5.41, 5.74) is 3.89. The van der Waals surface area contributed by atoms with Gasteiger partial charge in [-0.25, -0.2) is 9.97 Å². The fourth-order valence-corrected chi connectivity index (χ4v) is 2.26. The van der Waals surface area contributed by atoms with Crippen LogP contribution < -0.4 is 0 Å². The summed E-state index contributed by atoms with van der Waals surface area (Å²) in [5.74, 6) is 0.838. The molecule has 4 heteroatoms. The monoisotopic (exact) mass is 287 g/mol. The highest BCUT2D eigenvalue weighted by Crippen LogP contribution is 2.26. The number of hydrogen-bond acceptors (Lipinski definition) is 2. The molecule has 0 unspecified atom stereocenters. The maximum atomic E-state index is 4.49. The second-order valence-electron chi connectivity index (χ2n) is 3.95. The molecule has 0 saturated carbocycles. The van der Waals surface area contributed by atoms with E-state index < -0.39 is 0 Å². The van der Waals surface area contributed by atoms with Crippen LogP contribution in [0.1, 0.15) is 5.56 Å². The molecular weight excluding hydrogens is 278 g/mol. The van der Waals surface area contributed by atoms with Crippen LogP contribution >= 0.6 is 15.9 Å². The van der Waals surface area contributed by atoms with Crippen LogP contribution in [-0.4, -0.2) is 15.0 Å². The van der Waals surface area contributed by atoms with E-state index in [-0.39, 0.29) is 0 Å². The van der Waals surface area contributed by atoms with Gasteiger partial charge in [0, 0.05) is 16.2 Å². The minimum atomic E-state index is 0.751. The van der Waals surface area contributed by atoms with Crippen LogP contribution in [0.2, 0.25) is 0 Å². The van der Waals surface area contributed by atoms with Crippen molar-refractivity contribution >= 4 is 27.1 Å². The van der Waals surface area contributed by atoms with E-state index >= 15 is 0 Å². The molecule has 1 aromatic carbocycles. The van der Waals surface area contributed by atoms with E-state index in [0.29, 0.717) is 0 Å². The number of nitrogens with one attached hydrogen (secondary N) is 1. The first-order chi connectivity index (χ1) is 8.24. The van der Waals surface area contributed by atoms with Crippen LogP contribution in [0.25, 0.3) is 22.6 Å². The lowest BCUT2D eigenvalue weighted by atomic mass is 10.2. The van der Waals surface area contributed by atoms with Crippen LogP contribution in [0.3, 0.4) is 0 Å². The molecule has 1 N–H and O–H groups in total. The van der Waals surface area contributed by atoms with E-state index in [0.717, 1.165) is 32.6 Å². The Bertz CT molecular complexity index is 688. The summed E-state index contributed by atoms with van der Waals surface area (Å²) in [6.07, 6.45) is 1.83. The molecular formula is C13H10BrN3. The molecule has 84 valence electrons. The molecule has 2 heterocycles. The molecule has 0 atom stereocenters. The second-order valence-corrected chi connectivity index (χ2v) is 4.80. The Hall–Kier alpha value is -1.68. The number of imidazole rings is 1. The maximum Gasteiger partial charge on any atom is 0.178 e. The molecule has 0 radical (unpaired) electrons. The maximum absolute atomic E-state index is 4.49. The normalized spacial score (nSPS) is 10.9. The van der Waals surface area contributed by atoms with Gasteiger partial charge in [0.25, 0.3) is 0 Å². The number of rotatable bonds is 1. The van der Waals surface area contributed by atoms with Crippen molar-refractivity contribution in [2.75, 3.05) is 0 Å². The Morgan fingerprint density at radius 2 is 2.06 bits per heavy atom. The van der Waals surface area contributed by atoms with E-state index in [2.05, 4.69) is 36.9 Å². The van der Waals surface area contributed by atoms with Crippen LogP contribution in [0.5, 0.6) is 0 Å². The van der Waals surface area contributed by atoms with Gasteiger partial charge in [-0.1, -0.05) is 34.1 Å². The standard InChI is InChI=1S/C13H10BrN3/c1-8-6-11-13(15-7-8)17-12(16-11)9-4-2-3-5-10(9)14/h2-7H,1H3,(H,15,16,17). The molecule has 0 bridgehead atoms. The smallest absolute Gasteiger partial charge is 0.178 e. The zero-order valence-electron chi connectivity index (χ0n) is 9.24. The second kappa shape index (κ2) is 3.96. The fourth-order valence-electron chi connectivity index (χ4n) is 1.79. The van der Waals surface area contributed by atoms with Gasteiger partial charge in [-0.3, -0.25) is 0 Å². The van der Waals surface area contributed by atoms with Crippen molar-refractivity contribution in [2.24, 2.45) is 0 Å². The summed E-state index contributed by atoms with van der Waals surface area (Å²) in [7, 11) is 0. The summed E-state index contributed by atoms with van der Waals surface area (Å²) in [6, 6.07) is 10.1. The molecule has 3 nitrogen and oxygen atoms in total. The highest BCUT2D eigenvalue weighted by Gasteiger charge is 2.08. The number of aryl methyl sites for hydroxylation is 1. The van der Waals surface area contributed by atoms with Gasteiger partial charge in [-0.15, -0.1) is 0 Å². The van der Waals surface area contributed by atoms with Gasteiger partial charge in [-0.2, -0.15) is 0 Å². The predicted molar refractivity (Wildman–Crippen MR) is 71.8 cm³/mol. The first kappa shape index (κ1) is 10.5. The number of benzene rings is 1. The van der Waals surface area contributed by atoms with Crippen LogP contribution in [0, 0.1) is 6.92 Å². The Labute approximate surface area is 107 Å². The fraction of sp³-hybridized carbons (Fsp3) is 0.0769. The molecule has 3 aromatic rings. The van der Waals surface area contributed by atoms with Gasteiger partial charge in [-0.05, 0) is 24.6 Å². The number of aromatic amines is 1. The molecule has 0 aliphatic rings. The van der Waals surface area contributed by atoms with E-state index in [1.54, 1.807) is 0 Å².